The predicted octanol–water partition coefficient (Wildman–Crippen LogP) is 2.74. The van der Waals surface area contributed by atoms with Gasteiger partial charge in [0, 0.05) is 69.2 Å². The summed E-state index contributed by atoms with van der Waals surface area (Å²) in [6.07, 6.45) is -2.43. The Morgan fingerprint density at radius 3 is 2.38 bits per heavy atom. The van der Waals surface area contributed by atoms with Crippen LogP contribution in [0.1, 0.15) is 27.8 Å². The van der Waals surface area contributed by atoms with Crippen LogP contribution < -0.4 is 10.2 Å². The molecule has 2 aromatic heterocycles. The molecule has 5 rings (SSSR count). The van der Waals surface area contributed by atoms with Gasteiger partial charge in [-0.1, -0.05) is 0 Å². The predicted molar refractivity (Wildman–Crippen MR) is 136 cm³/mol. The van der Waals surface area contributed by atoms with E-state index in [9.17, 15) is 22.4 Å². The third-order valence-electron chi connectivity index (χ3n) is 7.11. The third kappa shape index (κ3) is 6.10. The number of nitrogens with one attached hydrogen (secondary N) is 1. The maximum atomic E-state index is 15.0. The zero-order valence-corrected chi connectivity index (χ0v) is 21.4. The first-order valence-electron chi connectivity index (χ1n) is 12.7. The Balaban J connectivity index is 1.37. The number of pyridine rings is 1. The minimum Gasteiger partial charge on any atom is -0.379 e. The van der Waals surface area contributed by atoms with Gasteiger partial charge in [0.25, 0.3) is 5.91 Å². The molecule has 2 fully saturated rings. The molecule has 3 aromatic rings. The Morgan fingerprint density at radius 2 is 1.72 bits per heavy atom. The number of hydrogen-bond acceptors (Lipinski definition) is 8. The van der Waals surface area contributed by atoms with Gasteiger partial charge in [0.1, 0.15) is 11.6 Å². The number of carbonyl (C=O) groups is 1. The number of carbonyl (C=O) groups excluding carboxylic acids is 1. The van der Waals surface area contributed by atoms with Crippen molar-refractivity contribution < 1.29 is 27.1 Å². The highest BCUT2D eigenvalue weighted by Crippen LogP contribution is 2.28. The van der Waals surface area contributed by atoms with Crippen molar-refractivity contribution in [3.05, 3.63) is 59.4 Å². The van der Waals surface area contributed by atoms with Crippen LogP contribution in [0.4, 0.5) is 23.4 Å². The zero-order chi connectivity index (χ0) is 27.6. The summed E-state index contributed by atoms with van der Waals surface area (Å²) < 4.78 is 59.3. The average molecular weight is 548 g/mol. The molecule has 2 saturated heterocycles. The van der Waals surface area contributed by atoms with Crippen LogP contribution in [0.5, 0.6) is 0 Å². The quantitative estimate of drug-likeness (QED) is 0.472. The van der Waals surface area contributed by atoms with Crippen molar-refractivity contribution in [3.8, 4) is 0 Å². The minimum absolute atomic E-state index is 0.0101. The zero-order valence-electron chi connectivity index (χ0n) is 21.4. The minimum atomic E-state index is -4.66. The molecule has 2 aliphatic rings. The first-order valence-corrected chi connectivity index (χ1v) is 12.7. The van der Waals surface area contributed by atoms with E-state index in [0.717, 1.165) is 44.4 Å². The summed E-state index contributed by atoms with van der Waals surface area (Å²) in [5.41, 5.74) is 0.773. The second-order valence-electron chi connectivity index (χ2n) is 9.66. The van der Waals surface area contributed by atoms with Crippen molar-refractivity contribution in [2.75, 3.05) is 71.0 Å². The fourth-order valence-electron chi connectivity index (χ4n) is 4.89. The molecule has 39 heavy (non-hydrogen) atoms. The normalized spacial score (nSPS) is 18.3. The smallest absolute Gasteiger partial charge is 0.379 e. The van der Waals surface area contributed by atoms with Gasteiger partial charge >= 0.3 is 6.18 Å². The lowest BCUT2D eigenvalue weighted by Crippen LogP contribution is -2.44. The molecule has 0 saturated carbocycles. The average Bonchev–Trinajstić information content (AvgIpc) is 2.93. The van der Waals surface area contributed by atoms with Crippen molar-refractivity contribution in [2.45, 2.75) is 12.2 Å². The standard InChI is InChI=1S/C26H29F4N7O2/c1-35-6-8-37(9-7-35)22-5-2-18-20(34-22)4-3-19(27)23(18)24(38)31-16-21(36-10-12-39-13-11-36)17-14-32-25(33-15-17)26(28,29)30/h2-5,14-15,21H,6-13,16H2,1H3,(H,31,38). The van der Waals surface area contributed by atoms with Crippen molar-refractivity contribution in [2.24, 2.45) is 0 Å². The highest BCUT2D eigenvalue weighted by Gasteiger charge is 2.35. The maximum absolute atomic E-state index is 15.0. The molecule has 0 aliphatic carbocycles. The van der Waals surface area contributed by atoms with Crippen LogP contribution in [0.3, 0.4) is 0 Å². The highest BCUT2D eigenvalue weighted by atomic mass is 19.4. The van der Waals surface area contributed by atoms with Crippen LogP contribution in [0.2, 0.25) is 0 Å². The lowest BCUT2D eigenvalue weighted by molar-refractivity contribution is -0.145. The summed E-state index contributed by atoms with van der Waals surface area (Å²) in [4.78, 5) is 31.3. The van der Waals surface area contributed by atoms with Crippen LogP contribution in [0.15, 0.2) is 36.7 Å². The van der Waals surface area contributed by atoms with Gasteiger partial charge in [-0.05, 0) is 31.3 Å². The van der Waals surface area contributed by atoms with Crippen molar-refractivity contribution in [3.63, 3.8) is 0 Å². The summed E-state index contributed by atoms with van der Waals surface area (Å²) >= 11 is 0. The Morgan fingerprint density at radius 1 is 1.03 bits per heavy atom. The first kappa shape index (κ1) is 27.2. The van der Waals surface area contributed by atoms with E-state index in [4.69, 9.17) is 4.74 Å². The number of benzene rings is 1. The van der Waals surface area contributed by atoms with Gasteiger partial charge in [-0.2, -0.15) is 13.2 Å². The molecule has 1 amide bonds. The van der Waals surface area contributed by atoms with E-state index in [1.807, 2.05) is 4.90 Å². The monoisotopic (exact) mass is 547 g/mol. The molecular weight excluding hydrogens is 518 g/mol. The number of likely N-dealkylation sites (N-methyl/N-ethyl adjacent to an activating group) is 1. The lowest BCUT2D eigenvalue weighted by Gasteiger charge is -2.34. The molecule has 9 nitrogen and oxygen atoms in total. The molecule has 0 radical (unpaired) electrons. The summed E-state index contributed by atoms with van der Waals surface area (Å²) in [6.45, 7) is 5.34. The van der Waals surface area contributed by atoms with E-state index in [1.165, 1.54) is 6.07 Å². The van der Waals surface area contributed by atoms with Crippen molar-refractivity contribution in [1.82, 2.24) is 30.1 Å². The Hall–Kier alpha value is -3.42. The first-order chi connectivity index (χ1) is 18.7. The number of piperazine rings is 1. The van der Waals surface area contributed by atoms with Crippen molar-refractivity contribution >= 4 is 22.6 Å². The Bertz CT molecular complexity index is 1310. The summed E-state index contributed by atoms with van der Waals surface area (Å²) in [5.74, 6) is -1.80. The maximum Gasteiger partial charge on any atom is 0.451 e. The molecule has 1 atom stereocenters. The van der Waals surface area contributed by atoms with Crippen LogP contribution in [-0.4, -0.2) is 96.7 Å². The number of alkyl halides is 3. The Labute approximate surface area is 222 Å². The number of nitrogens with zero attached hydrogens (tertiary/aromatic N) is 6. The number of aromatic nitrogens is 3. The number of halogens is 4. The molecule has 0 bridgehead atoms. The number of anilines is 1. The summed E-state index contributed by atoms with van der Waals surface area (Å²) in [5, 5.41) is 3.15. The topological polar surface area (TPSA) is 86.7 Å². The number of rotatable bonds is 6. The number of amides is 1. The van der Waals surface area contributed by atoms with E-state index < -0.39 is 29.8 Å². The van der Waals surface area contributed by atoms with E-state index in [2.05, 4.69) is 37.1 Å². The van der Waals surface area contributed by atoms with E-state index in [-0.39, 0.29) is 12.1 Å². The van der Waals surface area contributed by atoms with E-state index in [0.29, 0.717) is 42.8 Å². The lowest BCUT2D eigenvalue weighted by atomic mass is 10.1. The SMILES string of the molecule is CN1CCN(c2ccc3c(C(=O)NCC(c4cnc(C(F)(F)F)nc4)N4CCOCC4)c(F)ccc3n2)CC1. The van der Waals surface area contributed by atoms with Gasteiger partial charge in [-0.25, -0.2) is 19.3 Å². The van der Waals surface area contributed by atoms with Crippen LogP contribution in [0, 0.1) is 5.82 Å². The summed E-state index contributed by atoms with van der Waals surface area (Å²) in [7, 11) is 2.06. The highest BCUT2D eigenvalue weighted by molar-refractivity contribution is 6.06. The molecule has 13 heteroatoms. The largest absolute Gasteiger partial charge is 0.451 e. The molecule has 1 unspecified atom stereocenters. The molecule has 2 aliphatic heterocycles. The van der Waals surface area contributed by atoms with Gasteiger partial charge in [-0.3, -0.25) is 9.69 Å². The second-order valence-corrected chi connectivity index (χ2v) is 9.66. The number of morpholine rings is 1. The van der Waals surface area contributed by atoms with Gasteiger partial charge in [0.05, 0.1) is 30.3 Å². The molecule has 1 N–H and O–H groups in total. The fourth-order valence-corrected chi connectivity index (χ4v) is 4.89. The van der Waals surface area contributed by atoms with E-state index >= 15 is 0 Å². The number of fused-ring (bicyclic) bond motifs is 1. The van der Waals surface area contributed by atoms with E-state index in [1.54, 1.807) is 18.2 Å². The molecule has 0 spiro atoms. The molecular formula is C26H29F4N7O2. The van der Waals surface area contributed by atoms with Crippen LogP contribution >= 0.6 is 0 Å². The van der Waals surface area contributed by atoms with Gasteiger partial charge in [0.15, 0.2) is 0 Å². The second kappa shape index (κ2) is 11.4. The van der Waals surface area contributed by atoms with Gasteiger partial charge in [0.2, 0.25) is 5.82 Å². The molecule has 208 valence electrons. The fraction of sp³-hybridized carbons (Fsp3) is 0.462. The van der Waals surface area contributed by atoms with Gasteiger partial charge in [-0.15, -0.1) is 0 Å². The Kier molecular flexibility index (Phi) is 7.91. The number of ether oxygens (including phenoxy) is 1. The van der Waals surface area contributed by atoms with Crippen LogP contribution in [0.25, 0.3) is 10.9 Å². The molecule has 1 aromatic carbocycles. The van der Waals surface area contributed by atoms with Gasteiger partial charge < -0.3 is 19.9 Å². The van der Waals surface area contributed by atoms with Crippen LogP contribution in [-0.2, 0) is 10.9 Å². The third-order valence-corrected chi connectivity index (χ3v) is 7.11. The molecule has 4 heterocycles. The van der Waals surface area contributed by atoms with Crippen molar-refractivity contribution in [1.29, 1.82) is 0 Å². The number of hydrogen-bond donors (Lipinski definition) is 1. The summed E-state index contributed by atoms with van der Waals surface area (Å²) in [6, 6.07) is 5.75.